The van der Waals surface area contributed by atoms with Crippen LogP contribution in [0.5, 0.6) is 0 Å². The van der Waals surface area contributed by atoms with Crippen molar-refractivity contribution in [1.29, 1.82) is 0 Å². The van der Waals surface area contributed by atoms with Crippen molar-refractivity contribution in [2.24, 2.45) is 79.8 Å². The molecule has 2 amide bonds. The molecule has 0 aromatic rings. The summed E-state index contributed by atoms with van der Waals surface area (Å²) < 4.78 is 18.4. The number of carbonyl (C=O) groups is 4. The van der Waals surface area contributed by atoms with Crippen LogP contribution in [0.25, 0.3) is 0 Å². The Balaban J connectivity index is 0.000000201. The van der Waals surface area contributed by atoms with Gasteiger partial charge in [-0.25, -0.2) is 4.79 Å². The fraction of sp³-hybridized carbons (Fsp3) is 0.923. The number of fused-ring (bicyclic) bond motifs is 2. The third-order valence-electron chi connectivity index (χ3n) is 21.1. The molecule has 19 atom stereocenters. The Morgan fingerprint density at radius 2 is 1.19 bits per heavy atom. The van der Waals surface area contributed by atoms with Crippen LogP contribution >= 0.6 is 0 Å². The van der Waals surface area contributed by atoms with Gasteiger partial charge in [0.15, 0.2) is 0 Å². The molecule has 0 radical (unpaired) electrons. The van der Waals surface area contributed by atoms with Gasteiger partial charge in [-0.05, 0) is 125 Å². The van der Waals surface area contributed by atoms with Crippen LogP contribution < -0.4 is 5.32 Å². The van der Waals surface area contributed by atoms with E-state index in [9.17, 15) is 24.3 Å². The number of amides is 2. The average Bonchev–Trinajstić information content (AvgIpc) is 4.05. The first-order valence-corrected chi connectivity index (χ1v) is 25.2. The predicted octanol–water partition coefficient (Wildman–Crippen LogP) is 9.43. The summed E-state index contributed by atoms with van der Waals surface area (Å²) in [7, 11) is 3.60. The number of nitrogens with one attached hydrogen (secondary N) is 1. The molecule has 0 aromatic heterocycles. The molecule has 6 aliphatic carbocycles. The van der Waals surface area contributed by atoms with Crippen molar-refractivity contribution in [2.45, 2.75) is 190 Å². The number of hydrogen-bond acceptors (Lipinski definition) is 9. The molecule has 62 heavy (non-hydrogen) atoms. The molecule has 6 bridgehead atoms. The molecule has 8 aliphatic rings. The van der Waals surface area contributed by atoms with Crippen LogP contribution in [0.15, 0.2) is 0 Å². The zero-order valence-corrected chi connectivity index (χ0v) is 40.9. The van der Waals surface area contributed by atoms with Crippen LogP contribution in [-0.2, 0) is 28.6 Å². The summed E-state index contributed by atoms with van der Waals surface area (Å²) in [5.41, 5.74) is -1.61. The van der Waals surface area contributed by atoms with Gasteiger partial charge in [0, 0.05) is 66.7 Å². The molecule has 8 rings (SSSR count). The highest BCUT2D eigenvalue weighted by atomic mass is 16.6. The molecule has 352 valence electrons. The number of piperidine rings is 1. The first-order chi connectivity index (χ1) is 29.2. The maximum absolute atomic E-state index is 14.2. The van der Waals surface area contributed by atoms with Crippen LogP contribution in [0.4, 0.5) is 4.79 Å². The van der Waals surface area contributed by atoms with Gasteiger partial charge in [-0.15, -0.1) is 0 Å². The summed E-state index contributed by atoms with van der Waals surface area (Å²) in [6.07, 6.45) is 12.6. The van der Waals surface area contributed by atoms with E-state index in [4.69, 9.17) is 14.2 Å². The normalized spacial score (nSPS) is 50.6. The Labute approximate surface area is 374 Å². The monoisotopic (exact) mass is 867 g/mol. The summed E-state index contributed by atoms with van der Waals surface area (Å²) in [6.45, 7) is 24.7. The number of nitrogens with zero attached hydrogens (tertiary/aromatic N) is 1. The van der Waals surface area contributed by atoms with E-state index in [2.05, 4.69) is 79.5 Å². The van der Waals surface area contributed by atoms with Gasteiger partial charge in [0.2, 0.25) is 5.91 Å². The van der Waals surface area contributed by atoms with Gasteiger partial charge in [-0.2, -0.15) is 0 Å². The van der Waals surface area contributed by atoms with E-state index in [1.807, 2.05) is 7.11 Å². The van der Waals surface area contributed by atoms with Crippen molar-refractivity contribution in [1.82, 2.24) is 10.2 Å². The molecule has 10 heteroatoms. The summed E-state index contributed by atoms with van der Waals surface area (Å²) in [6, 6.07) is 0. The summed E-state index contributed by atoms with van der Waals surface area (Å²) in [4.78, 5) is 56.6. The van der Waals surface area contributed by atoms with Crippen molar-refractivity contribution >= 4 is 23.6 Å². The molecule has 2 N–H and O–H groups in total. The van der Waals surface area contributed by atoms with Crippen molar-refractivity contribution in [2.75, 3.05) is 33.9 Å². The van der Waals surface area contributed by atoms with E-state index in [1.165, 1.54) is 0 Å². The van der Waals surface area contributed by atoms with Crippen LogP contribution in [0.1, 0.15) is 166 Å². The molecule has 10 nitrogen and oxygen atoms in total. The predicted molar refractivity (Wildman–Crippen MR) is 241 cm³/mol. The minimum Gasteiger partial charge on any atom is -0.445 e. The van der Waals surface area contributed by atoms with E-state index in [-0.39, 0.29) is 69.4 Å². The number of methoxy groups -OCH3 is 2. The highest BCUT2D eigenvalue weighted by Crippen LogP contribution is 2.70. The van der Waals surface area contributed by atoms with Gasteiger partial charge in [0.1, 0.15) is 17.7 Å². The molecule has 0 spiro atoms. The number of Topliss-reactive ketones (excluding diaryl/α,β-unsaturated/α-hetero) is 2. The lowest BCUT2D eigenvalue weighted by molar-refractivity contribution is -0.192. The first kappa shape index (κ1) is 48.1. The Morgan fingerprint density at radius 3 is 1.66 bits per heavy atom. The fourth-order valence-electron chi connectivity index (χ4n) is 17.2. The molecule has 5 unspecified atom stereocenters. The van der Waals surface area contributed by atoms with E-state index < -0.39 is 29.1 Å². The number of ketones is 2. The number of rotatable bonds is 8. The minimum absolute atomic E-state index is 0.00935. The molecular formula is C52H86N2O8. The lowest BCUT2D eigenvalue weighted by Gasteiger charge is -2.61. The van der Waals surface area contributed by atoms with Crippen LogP contribution in [0, 0.1) is 79.8 Å². The SMILES string of the molecule is CCC[C@]1(C)C[C@@H](O)[C@@]2(C)C3[C@H](OC)CCC3(CC[C@H]2C)[C@@H](C)C1=O.CCC[C@]1(C)C[C@@H](OC(=O)NC(=O)[C@H]2CN3CC[C@@H]2C3)[C@@]2(C)C3[C@H](OC)CCC3(CC[C@H]2C)[C@@H](C)C1=O. The lowest BCUT2D eigenvalue weighted by atomic mass is 9.43. The number of aliphatic hydroxyl groups excluding tert-OH is 1. The lowest BCUT2D eigenvalue weighted by Crippen LogP contribution is -2.63. The second kappa shape index (κ2) is 17.4. The van der Waals surface area contributed by atoms with Crippen LogP contribution in [-0.4, -0.2) is 91.8 Å². The minimum atomic E-state index is -0.649. The van der Waals surface area contributed by atoms with Gasteiger partial charge in [-0.3, -0.25) is 19.7 Å². The van der Waals surface area contributed by atoms with Gasteiger partial charge in [0.05, 0.1) is 24.2 Å². The van der Waals surface area contributed by atoms with Crippen LogP contribution in [0.3, 0.4) is 0 Å². The van der Waals surface area contributed by atoms with Crippen molar-refractivity contribution in [3.8, 4) is 0 Å². The molecular weight excluding hydrogens is 781 g/mol. The number of imide groups is 1. The molecule has 0 aromatic carbocycles. The number of aliphatic hydroxyl groups is 1. The largest absolute Gasteiger partial charge is 0.445 e. The van der Waals surface area contributed by atoms with Gasteiger partial charge >= 0.3 is 6.09 Å². The average molecular weight is 867 g/mol. The third-order valence-corrected chi connectivity index (χ3v) is 21.1. The van der Waals surface area contributed by atoms with Crippen molar-refractivity contribution < 1.29 is 38.5 Å². The standard InChI is InChI=1S/C30H48N2O5.C22H38O3/c1-7-11-28(4)15-23(37-27(35)31-26(34)21-17-32-14-10-20(21)16-32)29(5)18(2)8-12-30(19(3)25(28)33)13-9-22(36-6)24(29)30;1-7-10-20(4)13-17(23)21(5)14(2)8-11-22(15(3)19(20)24)12-9-16(25-6)18(21)22/h18-24H,7-17H2,1-6H3,(H,31,34,35);14-18,23H,7-13H2,1-6H3/t18-,19+,20-,21+,22-,23-,24?,28-,29+,30?;14-,15+,16-,17-,18?,20-,21+,22?/m11/s1. The van der Waals surface area contributed by atoms with E-state index in [1.54, 1.807) is 7.11 Å². The van der Waals surface area contributed by atoms with Gasteiger partial charge in [-0.1, -0.05) is 82.1 Å². The molecule has 2 heterocycles. The Morgan fingerprint density at radius 1 is 0.710 bits per heavy atom. The third kappa shape index (κ3) is 7.30. The maximum atomic E-state index is 14.2. The first-order valence-electron chi connectivity index (χ1n) is 25.2. The van der Waals surface area contributed by atoms with Crippen molar-refractivity contribution in [3.63, 3.8) is 0 Å². The Kier molecular flexibility index (Phi) is 13.5. The van der Waals surface area contributed by atoms with E-state index in [0.29, 0.717) is 42.2 Å². The number of ether oxygens (including phenoxy) is 3. The van der Waals surface area contributed by atoms with Gasteiger partial charge in [0.25, 0.3) is 0 Å². The molecule has 2 aliphatic heterocycles. The topological polar surface area (TPSA) is 131 Å². The Hall–Kier alpha value is -1.88. The Bertz CT molecular complexity index is 1710. The second-order valence-corrected chi connectivity index (χ2v) is 23.7. The fourth-order valence-corrected chi connectivity index (χ4v) is 17.2. The quantitative estimate of drug-likeness (QED) is 0.245. The number of hydrogen-bond donors (Lipinski definition) is 2. The zero-order valence-electron chi connectivity index (χ0n) is 40.9. The van der Waals surface area contributed by atoms with Gasteiger partial charge < -0.3 is 24.2 Å². The van der Waals surface area contributed by atoms with Crippen LogP contribution in [0.2, 0.25) is 0 Å². The van der Waals surface area contributed by atoms with E-state index >= 15 is 0 Å². The molecule has 2 saturated heterocycles. The summed E-state index contributed by atoms with van der Waals surface area (Å²) >= 11 is 0. The maximum Gasteiger partial charge on any atom is 0.414 e. The highest BCUT2D eigenvalue weighted by molar-refractivity contribution is 5.94. The second-order valence-electron chi connectivity index (χ2n) is 23.7. The molecule has 6 saturated carbocycles. The molecule has 8 fully saturated rings. The number of alkyl carbamates (subject to hydrolysis) is 1. The zero-order chi connectivity index (χ0) is 45.4. The van der Waals surface area contributed by atoms with E-state index in [0.717, 1.165) is 103 Å². The summed E-state index contributed by atoms with van der Waals surface area (Å²) in [5, 5.41) is 14.1. The summed E-state index contributed by atoms with van der Waals surface area (Å²) in [5.74, 6) is 1.88. The smallest absolute Gasteiger partial charge is 0.414 e. The number of carbonyl (C=O) groups excluding carboxylic acids is 4. The highest BCUT2D eigenvalue weighted by Gasteiger charge is 2.70. The van der Waals surface area contributed by atoms with Crippen molar-refractivity contribution in [3.05, 3.63) is 0 Å².